The number of ether oxygens (including phenoxy) is 1. The summed E-state index contributed by atoms with van der Waals surface area (Å²) in [4.78, 5) is 13.0. The minimum absolute atomic E-state index is 0.180. The van der Waals surface area contributed by atoms with Crippen molar-refractivity contribution < 1.29 is 14.6 Å². The van der Waals surface area contributed by atoms with Gasteiger partial charge in [-0.15, -0.1) is 0 Å². The Bertz CT molecular complexity index is 847. The fourth-order valence-electron chi connectivity index (χ4n) is 4.55. The fraction of sp³-hybridized carbons (Fsp3) is 0.577. The molecule has 0 bridgehead atoms. The van der Waals surface area contributed by atoms with Gasteiger partial charge in [0.25, 0.3) is 0 Å². The number of carbonyl (C=O) groups is 1. The third-order valence-electron chi connectivity index (χ3n) is 6.57. The molecule has 2 aromatic carbocycles. The molecule has 164 valence electrons. The van der Waals surface area contributed by atoms with Crippen LogP contribution in [-0.2, 0) is 11.3 Å². The Kier molecular flexibility index (Phi) is 7.41. The van der Waals surface area contributed by atoms with E-state index >= 15 is 0 Å². The molecule has 0 atom stereocenters. The average Bonchev–Trinajstić information content (AvgIpc) is 2.70. The Balaban J connectivity index is 1.60. The largest absolute Gasteiger partial charge is 0.490 e. The normalized spacial score (nSPS) is 19.9. The quantitative estimate of drug-likeness (QED) is 0.568. The number of nitrogens with zero attached hydrogens (tertiary/aromatic N) is 1. The predicted octanol–water partition coefficient (Wildman–Crippen LogP) is 6.12. The Labute approximate surface area is 181 Å². The summed E-state index contributed by atoms with van der Waals surface area (Å²) < 4.78 is 6.33. The maximum Gasteiger partial charge on any atom is 0.304 e. The second kappa shape index (κ2) is 9.82. The van der Waals surface area contributed by atoms with Gasteiger partial charge in [0.15, 0.2) is 0 Å². The maximum atomic E-state index is 10.8. The molecule has 1 fully saturated rings. The highest BCUT2D eigenvalue weighted by atomic mass is 16.5. The second-order valence-corrected chi connectivity index (χ2v) is 9.81. The summed E-state index contributed by atoms with van der Waals surface area (Å²) in [5.41, 5.74) is 1.61. The topological polar surface area (TPSA) is 49.8 Å². The number of benzene rings is 2. The lowest BCUT2D eigenvalue weighted by atomic mass is 9.72. The number of hydrogen-bond donors (Lipinski definition) is 1. The molecule has 4 nitrogen and oxygen atoms in total. The van der Waals surface area contributed by atoms with Gasteiger partial charge in [-0.3, -0.25) is 9.69 Å². The van der Waals surface area contributed by atoms with Crippen LogP contribution in [0.2, 0.25) is 0 Å². The highest BCUT2D eigenvalue weighted by molar-refractivity contribution is 5.84. The summed E-state index contributed by atoms with van der Waals surface area (Å²) in [5, 5.41) is 11.3. The predicted molar refractivity (Wildman–Crippen MR) is 123 cm³/mol. The van der Waals surface area contributed by atoms with Crippen LogP contribution in [0.25, 0.3) is 10.8 Å². The van der Waals surface area contributed by atoms with E-state index in [1.54, 1.807) is 0 Å². The van der Waals surface area contributed by atoms with Gasteiger partial charge in [-0.1, -0.05) is 45.9 Å². The molecular weight excluding hydrogens is 374 g/mol. The van der Waals surface area contributed by atoms with Crippen molar-refractivity contribution in [3.63, 3.8) is 0 Å². The molecule has 0 aromatic heterocycles. The molecule has 0 amide bonds. The van der Waals surface area contributed by atoms with Gasteiger partial charge < -0.3 is 9.84 Å². The molecule has 1 saturated carbocycles. The summed E-state index contributed by atoms with van der Waals surface area (Å²) in [5.74, 6) is 1.02. The van der Waals surface area contributed by atoms with Gasteiger partial charge in [0.2, 0.25) is 0 Å². The van der Waals surface area contributed by atoms with Crippen molar-refractivity contribution in [1.82, 2.24) is 4.90 Å². The van der Waals surface area contributed by atoms with Gasteiger partial charge in [-0.05, 0) is 78.1 Å². The smallest absolute Gasteiger partial charge is 0.304 e. The standard InChI is InChI=1S/C26H37NO3/c1-5-27(15-14-25(28)29)18-19-6-7-21-17-24(11-8-20(21)16-19)30-23-12-9-22(10-13-23)26(2,3)4/h6-8,11,16-17,22-23H,5,9-10,12-15,18H2,1-4H3,(H,28,29). The zero-order valence-corrected chi connectivity index (χ0v) is 19.0. The molecule has 1 aliphatic carbocycles. The van der Waals surface area contributed by atoms with Crippen molar-refractivity contribution in [1.29, 1.82) is 0 Å². The van der Waals surface area contributed by atoms with E-state index in [1.165, 1.54) is 29.2 Å². The summed E-state index contributed by atoms with van der Waals surface area (Å²) in [6, 6.07) is 12.9. The van der Waals surface area contributed by atoms with Crippen LogP contribution in [0.5, 0.6) is 5.75 Å². The highest BCUT2D eigenvalue weighted by Crippen LogP contribution is 2.39. The number of hydrogen-bond acceptors (Lipinski definition) is 3. The molecule has 4 heteroatoms. The monoisotopic (exact) mass is 411 g/mol. The first-order valence-electron chi connectivity index (χ1n) is 11.4. The Hall–Kier alpha value is -2.07. The van der Waals surface area contributed by atoms with E-state index in [4.69, 9.17) is 9.84 Å². The van der Waals surface area contributed by atoms with Crippen LogP contribution in [0.15, 0.2) is 36.4 Å². The molecule has 0 aliphatic heterocycles. The number of carboxylic acid groups (broad SMARTS) is 1. The molecule has 0 unspecified atom stereocenters. The second-order valence-electron chi connectivity index (χ2n) is 9.81. The number of aliphatic carboxylic acids is 1. The molecule has 30 heavy (non-hydrogen) atoms. The Morgan fingerprint density at radius 1 is 1.07 bits per heavy atom. The summed E-state index contributed by atoms with van der Waals surface area (Å²) in [6.07, 6.45) is 5.29. The van der Waals surface area contributed by atoms with E-state index in [1.807, 2.05) is 0 Å². The third-order valence-corrected chi connectivity index (χ3v) is 6.57. The summed E-state index contributed by atoms with van der Waals surface area (Å²) in [6.45, 7) is 11.3. The minimum Gasteiger partial charge on any atom is -0.490 e. The lowest BCUT2D eigenvalue weighted by Gasteiger charge is -2.37. The zero-order valence-electron chi connectivity index (χ0n) is 19.0. The average molecular weight is 412 g/mol. The molecule has 0 heterocycles. The van der Waals surface area contributed by atoms with Crippen molar-refractivity contribution in [2.24, 2.45) is 11.3 Å². The van der Waals surface area contributed by atoms with Crippen molar-refractivity contribution >= 4 is 16.7 Å². The van der Waals surface area contributed by atoms with Gasteiger partial charge in [-0.25, -0.2) is 0 Å². The van der Waals surface area contributed by atoms with Crippen LogP contribution in [0.4, 0.5) is 0 Å². The lowest BCUT2D eigenvalue weighted by Crippen LogP contribution is -2.30. The third kappa shape index (κ3) is 6.21. The Morgan fingerprint density at radius 3 is 2.37 bits per heavy atom. The van der Waals surface area contributed by atoms with Crippen molar-refractivity contribution in [2.45, 2.75) is 72.4 Å². The van der Waals surface area contributed by atoms with Gasteiger partial charge in [0.05, 0.1) is 12.5 Å². The van der Waals surface area contributed by atoms with Crippen LogP contribution in [-0.4, -0.2) is 35.2 Å². The lowest BCUT2D eigenvalue weighted by molar-refractivity contribution is -0.137. The van der Waals surface area contributed by atoms with Crippen LogP contribution < -0.4 is 4.74 Å². The molecule has 0 spiro atoms. The van der Waals surface area contributed by atoms with Crippen LogP contribution in [0, 0.1) is 11.3 Å². The van der Waals surface area contributed by atoms with Crippen LogP contribution in [0.1, 0.15) is 65.4 Å². The first kappa shape index (κ1) is 22.6. The molecule has 1 aliphatic rings. The van der Waals surface area contributed by atoms with E-state index in [2.05, 4.69) is 69.0 Å². The molecule has 0 saturated heterocycles. The number of fused-ring (bicyclic) bond motifs is 1. The van der Waals surface area contributed by atoms with Gasteiger partial charge in [0.1, 0.15) is 5.75 Å². The molecule has 1 N–H and O–H groups in total. The van der Waals surface area contributed by atoms with E-state index in [9.17, 15) is 4.79 Å². The Morgan fingerprint density at radius 2 is 1.73 bits per heavy atom. The van der Waals surface area contributed by atoms with Gasteiger partial charge in [-0.2, -0.15) is 0 Å². The van der Waals surface area contributed by atoms with Crippen molar-refractivity contribution in [3.05, 3.63) is 42.0 Å². The van der Waals surface area contributed by atoms with Crippen LogP contribution in [0.3, 0.4) is 0 Å². The zero-order chi connectivity index (χ0) is 21.7. The molecule has 0 radical (unpaired) electrons. The van der Waals surface area contributed by atoms with E-state index in [-0.39, 0.29) is 6.42 Å². The number of rotatable bonds is 8. The van der Waals surface area contributed by atoms with Crippen molar-refractivity contribution in [3.8, 4) is 5.75 Å². The summed E-state index contributed by atoms with van der Waals surface area (Å²) >= 11 is 0. The van der Waals surface area contributed by atoms with Gasteiger partial charge >= 0.3 is 5.97 Å². The van der Waals surface area contributed by atoms with E-state index < -0.39 is 5.97 Å². The van der Waals surface area contributed by atoms with E-state index in [0.717, 1.165) is 37.6 Å². The summed E-state index contributed by atoms with van der Waals surface area (Å²) in [7, 11) is 0. The first-order chi connectivity index (χ1) is 14.2. The SMILES string of the molecule is CCN(CCC(=O)O)Cc1ccc2cc(OC3CCC(C(C)(C)C)CC3)ccc2c1. The van der Waals surface area contributed by atoms with Crippen molar-refractivity contribution in [2.75, 3.05) is 13.1 Å². The maximum absolute atomic E-state index is 10.8. The van der Waals surface area contributed by atoms with Crippen LogP contribution >= 0.6 is 0 Å². The number of carboxylic acids is 1. The van der Waals surface area contributed by atoms with E-state index in [0.29, 0.717) is 18.1 Å². The molecular formula is C26H37NO3. The first-order valence-corrected chi connectivity index (χ1v) is 11.4. The molecule has 2 aromatic rings. The fourth-order valence-corrected chi connectivity index (χ4v) is 4.55. The van der Waals surface area contributed by atoms with Gasteiger partial charge in [0, 0.05) is 13.1 Å². The highest BCUT2D eigenvalue weighted by Gasteiger charge is 2.30. The molecule has 3 rings (SSSR count). The minimum atomic E-state index is -0.744.